The topological polar surface area (TPSA) is 65.7 Å². The molecule has 6 nitrogen and oxygen atoms in total. The summed E-state index contributed by atoms with van der Waals surface area (Å²) in [4.78, 5) is 12.4. The van der Waals surface area contributed by atoms with E-state index in [1.54, 1.807) is 23.4 Å². The summed E-state index contributed by atoms with van der Waals surface area (Å²) < 4.78 is 7.38. The molecule has 0 amide bonds. The Morgan fingerprint density at radius 1 is 1.11 bits per heavy atom. The predicted octanol–water partition coefficient (Wildman–Crippen LogP) is 1.77. The quantitative estimate of drug-likeness (QED) is 0.824. The van der Waals surface area contributed by atoms with Crippen LogP contribution in [0.5, 0.6) is 5.88 Å². The van der Waals surface area contributed by atoms with E-state index in [2.05, 4.69) is 20.1 Å². The third kappa shape index (κ3) is 2.47. The van der Waals surface area contributed by atoms with E-state index in [0.717, 1.165) is 12.8 Å². The summed E-state index contributed by atoms with van der Waals surface area (Å²) in [5.74, 6) is 1.23. The molecule has 0 spiro atoms. The van der Waals surface area contributed by atoms with Gasteiger partial charge in [0.05, 0.1) is 12.4 Å². The minimum Gasteiger partial charge on any atom is -0.473 e. The molecule has 0 radical (unpaired) electrons. The summed E-state index contributed by atoms with van der Waals surface area (Å²) >= 11 is 0. The highest BCUT2D eigenvalue weighted by Gasteiger charge is 2.15. The van der Waals surface area contributed by atoms with E-state index in [4.69, 9.17) is 4.74 Å². The highest BCUT2D eigenvalue weighted by atomic mass is 16.5. The number of ether oxygens (including phenoxy) is 1. The standard InChI is InChI=1S/C12H15N5O/c1-2-4-10(5-3-1)18-12-7-14-11(6-15-12)17-9-13-8-16-17/h6-10H,1-5H2. The lowest BCUT2D eigenvalue weighted by atomic mass is 9.98. The molecule has 1 aliphatic carbocycles. The van der Waals surface area contributed by atoms with Crippen LogP contribution >= 0.6 is 0 Å². The summed E-state index contributed by atoms with van der Waals surface area (Å²) in [6.07, 6.45) is 12.7. The van der Waals surface area contributed by atoms with Crippen LogP contribution in [-0.4, -0.2) is 30.8 Å². The Balaban J connectivity index is 1.67. The Bertz CT molecular complexity index is 476. The van der Waals surface area contributed by atoms with Crippen molar-refractivity contribution in [1.29, 1.82) is 0 Å². The van der Waals surface area contributed by atoms with Gasteiger partial charge in [-0.15, -0.1) is 0 Å². The van der Waals surface area contributed by atoms with Gasteiger partial charge < -0.3 is 4.74 Å². The first kappa shape index (κ1) is 11.1. The molecule has 0 N–H and O–H groups in total. The zero-order chi connectivity index (χ0) is 12.2. The Hall–Kier alpha value is -1.98. The summed E-state index contributed by atoms with van der Waals surface area (Å²) in [6, 6.07) is 0. The van der Waals surface area contributed by atoms with E-state index in [1.165, 1.54) is 25.6 Å². The van der Waals surface area contributed by atoms with Crippen molar-refractivity contribution < 1.29 is 4.74 Å². The number of hydrogen-bond acceptors (Lipinski definition) is 5. The summed E-state index contributed by atoms with van der Waals surface area (Å²) in [5, 5.41) is 3.99. The molecule has 3 rings (SSSR count). The third-order valence-corrected chi connectivity index (χ3v) is 3.11. The van der Waals surface area contributed by atoms with Gasteiger partial charge in [0.15, 0.2) is 5.82 Å². The van der Waals surface area contributed by atoms with E-state index in [0.29, 0.717) is 17.8 Å². The molecular formula is C12H15N5O. The van der Waals surface area contributed by atoms with Crippen molar-refractivity contribution in [2.45, 2.75) is 38.2 Å². The maximum Gasteiger partial charge on any atom is 0.232 e. The van der Waals surface area contributed by atoms with Gasteiger partial charge in [0.1, 0.15) is 18.8 Å². The number of nitrogens with zero attached hydrogens (tertiary/aromatic N) is 5. The molecule has 0 aromatic carbocycles. The monoisotopic (exact) mass is 245 g/mol. The number of hydrogen-bond donors (Lipinski definition) is 0. The van der Waals surface area contributed by atoms with Crippen LogP contribution in [-0.2, 0) is 0 Å². The molecule has 2 heterocycles. The van der Waals surface area contributed by atoms with E-state index >= 15 is 0 Å². The third-order valence-electron chi connectivity index (χ3n) is 3.11. The minimum atomic E-state index is 0.297. The maximum atomic E-state index is 5.81. The summed E-state index contributed by atoms with van der Waals surface area (Å²) in [6.45, 7) is 0. The van der Waals surface area contributed by atoms with Gasteiger partial charge in [-0.05, 0) is 25.7 Å². The number of rotatable bonds is 3. The molecular weight excluding hydrogens is 230 g/mol. The van der Waals surface area contributed by atoms with Crippen molar-refractivity contribution in [3.05, 3.63) is 25.0 Å². The van der Waals surface area contributed by atoms with Crippen molar-refractivity contribution in [3.63, 3.8) is 0 Å². The van der Waals surface area contributed by atoms with Crippen LogP contribution in [0, 0.1) is 0 Å². The zero-order valence-corrected chi connectivity index (χ0v) is 10.1. The molecule has 1 fully saturated rings. The van der Waals surface area contributed by atoms with Gasteiger partial charge in [-0.3, -0.25) is 0 Å². The van der Waals surface area contributed by atoms with Crippen LogP contribution < -0.4 is 4.74 Å². The molecule has 0 bridgehead atoms. The first-order valence-electron chi connectivity index (χ1n) is 6.25. The van der Waals surface area contributed by atoms with Crippen LogP contribution in [0.4, 0.5) is 0 Å². The molecule has 18 heavy (non-hydrogen) atoms. The van der Waals surface area contributed by atoms with Crippen LogP contribution in [0.25, 0.3) is 5.82 Å². The zero-order valence-electron chi connectivity index (χ0n) is 10.1. The Morgan fingerprint density at radius 3 is 2.67 bits per heavy atom. The van der Waals surface area contributed by atoms with Gasteiger partial charge >= 0.3 is 0 Å². The number of aromatic nitrogens is 5. The highest BCUT2D eigenvalue weighted by Crippen LogP contribution is 2.21. The Kier molecular flexibility index (Phi) is 3.16. The molecule has 6 heteroatoms. The van der Waals surface area contributed by atoms with Crippen LogP contribution in [0.2, 0.25) is 0 Å². The molecule has 0 saturated heterocycles. The first-order valence-corrected chi connectivity index (χ1v) is 6.25. The molecule has 2 aromatic rings. The average molecular weight is 245 g/mol. The lowest BCUT2D eigenvalue weighted by molar-refractivity contribution is 0.148. The van der Waals surface area contributed by atoms with Crippen LogP contribution in [0.15, 0.2) is 25.0 Å². The molecule has 94 valence electrons. The Labute approximate surface area is 105 Å². The largest absolute Gasteiger partial charge is 0.473 e. The van der Waals surface area contributed by atoms with Gasteiger partial charge in [0.25, 0.3) is 0 Å². The second-order valence-corrected chi connectivity index (χ2v) is 4.43. The Morgan fingerprint density at radius 2 is 2.00 bits per heavy atom. The van der Waals surface area contributed by atoms with E-state index in [1.807, 2.05) is 0 Å². The molecule has 2 aromatic heterocycles. The van der Waals surface area contributed by atoms with Gasteiger partial charge in [0.2, 0.25) is 5.88 Å². The minimum absolute atomic E-state index is 0.297. The van der Waals surface area contributed by atoms with E-state index in [9.17, 15) is 0 Å². The molecule has 1 aliphatic rings. The van der Waals surface area contributed by atoms with Crippen molar-refractivity contribution in [2.75, 3.05) is 0 Å². The normalized spacial score (nSPS) is 16.7. The van der Waals surface area contributed by atoms with Crippen molar-refractivity contribution in [1.82, 2.24) is 24.7 Å². The van der Waals surface area contributed by atoms with Gasteiger partial charge in [-0.1, -0.05) is 6.42 Å². The summed E-state index contributed by atoms with van der Waals surface area (Å²) in [7, 11) is 0. The average Bonchev–Trinajstić information content (AvgIpc) is 2.95. The lowest BCUT2D eigenvalue weighted by Gasteiger charge is -2.22. The maximum absolute atomic E-state index is 5.81. The molecule has 0 unspecified atom stereocenters. The van der Waals surface area contributed by atoms with Crippen molar-refractivity contribution >= 4 is 0 Å². The van der Waals surface area contributed by atoms with E-state index in [-0.39, 0.29) is 0 Å². The van der Waals surface area contributed by atoms with Crippen LogP contribution in [0.3, 0.4) is 0 Å². The SMILES string of the molecule is c1ncn(-c2cnc(OC3CCCCC3)cn2)n1. The summed E-state index contributed by atoms with van der Waals surface area (Å²) in [5.41, 5.74) is 0. The smallest absolute Gasteiger partial charge is 0.232 e. The van der Waals surface area contributed by atoms with Gasteiger partial charge in [-0.2, -0.15) is 5.10 Å². The van der Waals surface area contributed by atoms with Gasteiger partial charge in [0, 0.05) is 0 Å². The second kappa shape index (κ2) is 5.12. The molecule has 0 atom stereocenters. The fourth-order valence-corrected chi connectivity index (χ4v) is 2.17. The highest BCUT2D eigenvalue weighted by molar-refractivity contribution is 5.18. The predicted molar refractivity (Wildman–Crippen MR) is 64.5 cm³/mol. The van der Waals surface area contributed by atoms with Gasteiger partial charge in [-0.25, -0.2) is 19.6 Å². The fourth-order valence-electron chi connectivity index (χ4n) is 2.17. The van der Waals surface area contributed by atoms with Crippen molar-refractivity contribution in [3.8, 4) is 11.7 Å². The lowest BCUT2D eigenvalue weighted by Crippen LogP contribution is -2.20. The fraction of sp³-hybridized carbons (Fsp3) is 0.500. The van der Waals surface area contributed by atoms with Crippen molar-refractivity contribution in [2.24, 2.45) is 0 Å². The van der Waals surface area contributed by atoms with Crippen LogP contribution in [0.1, 0.15) is 32.1 Å². The molecule has 1 saturated carbocycles. The second-order valence-electron chi connectivity index (χ2n) is 4.43. The van der Waals surface area contributed by atoms with E-state index < -0.39 is 0 Å². The molecule has 0 aliphatic heterocycles. The first-order chi connectivity index (χ1) is 8.92.